The molecular formula is C18H26N4. The van der Waals surface area contributed by atoms with E-state index in [-0.39, 0.29) is 0 Å². The Bertz CT molecular complexity index is 554. The Labute approximate surface area is 132 Å². The lowest BCUT2D eigenvalue weighted by molar-refractivity contribution is 0.470. The number of anilines is 1. The second kappa shape index (κ2) is 7.54. The molecule has 0 amide bonds. The Balaban J connectivity index is 1.74. The molecule has 3 N–H and O–H groups in total. The van der Waals surface area contributed by atoms with Gasteiger partial charge in [0.2, 0.25) is 5.95 Å². The molecule has 1 saturated carbocycles. The zero-order chi connectivity index (χ0) is 15.2. The monoisotopic (exact) mass is 298 g/mol. The van der Waals surface area contributed by atoms with Gasteiger partial charge in [0.05, 0.1) is 5.69 Å². The first-order chi connectivity index (χ1) is 10.9. The molecule has 0 bridgehead atoms. The molecule has 22 heavy (non-hydrogen) atoms. The van der Waals surface area contributed by atoms with Gasteiger partial charge in [0.1, 0.15) is 0 Å². The SMILES string of the molecule is NCc1cnc(NC2CCCCCCC2)nc1C1=CC=CC1. The summed E-state index contributed by atoms with van der Waals surface area (Å²) >= 11 is 0. The van der Waals surface area contributed by atoms with Crippen LogP contribution in [0.1, 0.15) is 62.6 Å². The van der Waals surface area contributed by atoms with E-state index in [2.05, 4.69) is 28.5 Å². The average Bonchev–Trinajstić information content (AvgIpc) is 3.04. The van der Waals surface area contributed by atoms with Gasteiger partial charge in [-0.05, 0) is 24.8 Å². The predicted octanol–water partition coefficient (Wildman–Crippen LogP) is 3.80. The van der Waals surface area contributed by atoms with Gasteiger partial charge < -0.3 is 11.1 Å². The Morgan fingerprint density at radius 2 is 1.91 bits per heavy atom. The summed E-state index contributed by atoms with van der Waals surface area (Å²) in [5.74, 6) is 0.755. The van der Waals surface area contributed by atoms with Crippen molar-refractivity contribution in [2.45, 2.75) is 64.0 Å². The van der Waals surface area contributed by atoms with Gasteiger partial charge in [0.15, 0.2) is 0 Å². The van der Waals surface area contributed by atoms with Gasteiger partial charge >= 0.3 is 0 Å². The van der Waals surface area contributed by atoms with Crippen molar-refractivity contribution in [2.75, 3.05) is 5.32 Å². The summed E-state index contributed by atoms with van der Waals surface area (Å²) in [6.45, 7) is 0.483. The number of hydrogen-bond donors (Lipinski definition) is 2. The number of hydrogen-bond acceptors (Lipinski definition) is 4. The molecule has 1 aromatic heterocycles. The summed E-state index contributed by atoms with van der Waals surface area (Å²) < 4.78 is 0. The number of allylic oxidation sites excluding steroid dienone is 4. The van der Waals surface area contributed by atoms with Gasteiger partial charge in [-0.25, -0.2) is 9.97 Å². The summed E-state index contributed by atoms with van der Waals surface area (Å²) in [5, 5.41) is 3.55. The van der Waals surface area contributed by atoms with Gasteiger partial charge in [0.25, 0.3) is 0 Å². The highest BCUT2D eigenvalue weighted by Crippen LogP contribution is 2.26. The van der Waals surface area contributed by atoms with Crippen LogP contribution >= 0.6 is 0 Å². The molecule has 0 radical (unpaired) electrons. The third kappa shape index (κ3) is 3.74. The summed E-state index contributed by atoms with van der Waals surface area (Å²) in [4.78, 5) is 9.24. The lowest BCUT2D eigenvalue weighted by atomic mass is 9.97. The van der Waals surface area contributed by atoms with Crippen molar-refractivity contribution in [1.29, 1.82) is 0 Å². The van der Waals surface area contributed by atoms with Crippen LogP contribution in [0.15, 0.2) is 24.4 Å². The van der Waals surface area contributed by atoms with Crippen LogP contribution in [-0.2, 0) is 6.54 Å². The number of aromatic nitrogens is 2. The molecule has 0 unspecified atom stereocenters. The maximum Gasteiger partial charge on any atom is 0.223 e. The third-order valence-electron chi connectivity index (χ3n) is 4.60. The number of nitrogens with zero attached hydrogens (tertiary/aromatic N) is 2. The Hall–Kier alpha value is -1.68. The molecular weight excluding hydrogens is 272 g/mol. The van der Waals surface area contributed by atoms with E-state index >= 15 is 0 Å². The first-order valence-electron chi connectivity index (χ1n) is 8.55. The van der Waals surface area contributed by atoms with E-state index in [4.69, 9.17) is 10.7 Å². The quantitative estimate of drug-likeness (QED) is 0.887. The zero-order valence-corrected chi connectivity index (χ0v) is 13.2. The van der Waals surface area contributed by atoms with Gasteiger partial charge in [-0.2, -0.15) is 0 Å². The summed E-state index contributed by atoms with van der Waals surface area (Å²) in [7, 11) is 0. The molecule has 0 atom stereocenters. The van der Waals surface area contributed by atoms with Crippen LogP contribution in [0.25, 0.3) is 5.57 Å². The van der Waals surface area contributed by atoms with E-state index in [1.54, 1.807) is 0 Å². The van der Waals surface area contributed by atoms with Crippen molar-refractivity contribution in [3.63, 3.8) is 0 Å². The molecule has 4 heteroatoms. The maximum atomic E-state index is 5.84. The lowest BCUT2D eigenvalue weighted by Crippen LogP contribution is -2.22. The number of rotatable bonds is 4. The highest BCUT2D eigenvalue weighted by atomic mass is 15.1. The fraction of sp³-hybridized carbons (Fsp3) is 0.556. The first-order valence-corrected chi connectivity index (χ1v) is 8.55. The van der Waals surface area contributed by atoms with E-state index in [0.717, 1.165) is 23.6 Å². The minimum atomic E-state index is 0.483. The van der Waals surface area contributed by atoms with E-state index in [9.17, 15) is 0 Å². The van der Waals surface area contributed by atoms with Gasteiger partial charge in [0, 0.05) is 24.3 Å². The van der Waals surface area contributed by atoms with E-state index in [0.29, 0.717) is 12.6 Å². The maximum absolute atomic E-state index is 5.84. The molecule has 0 spiro atoms. The number of nitrogens with one attached hydrogen (secondary N) is 1. The molecule has 118 valence electrons. The van der Waals surface area contributed by atoms with Crippen LogP contribution < -0.4 is 11.1 Å². The molecule has 2 aliphatic carbocycles. The van der Waals surface area contributed by atoms with Crippen molar-refractivity contribution in [1.82, 2.24) is 9.97 Å². The molecule has 4 nitrogen and oxygen atoms in total. The van der Waals surface area contributed by atoms with Crippen molar-refractivity contribution in [2.24, 2.45) is 5.73 Å². The fourth-order valence-corrected chi connectivity index (χ4v) is 3.31. The zero-order valence-electron chi connectivity index (χ0n) is 13.2. The second-order valence-corrected chi connectivity index (χ2v) is 6.28. The third-order valence-corrected chi connectivity index (χ3v) is 4.60. The summed E-state index contributed by atoms with van der Waals surface area (Å²) in [5.41, 5.74) is 9.12. The average molecular weight is 298 g/mol. The standard InChI is InChI=1S/C18H26N4/c19-12-15-13-20-18(22-17(15)14-8-6-7-9-14)21-16-10-4-2-1-3-5-11-16/h6-8,13,16H,1-5,9-12,19H2,(H,20,21,22). The molecule has 1 heterocycles. The van der Waals surface area contributed by atoms with Crippen molar-refractivity contribution in [3.8, 4) is 0 Å². The normalized spacial score (nSPS) is 19.6. The first kappa shape index (κ1) is 15.2. The Morgan fingerprint density at radius 1 is 1.14 bits per heavy atom. The molecule has 0 aliphatic heterocycles. The van der Waals surface area contributed by atoms with Crippen LogP contribution in [0.3, 0.4) is 0 Å². The van der Waals surface area contributed by atoms with Crippen molar-refractivity contribution >= 4 is 11.5 Å². The van der Waals surface area contributed by atoms with E-state index in [1.807, 2.05) is 6.20 Å². The largest absolute Gasteiger partial charge is 0.351 e. The van der Waals surface area contributed by atoms with Crippen LogP contribution in [0.2, 0.25) is 0 Å². The molecule has 1 aromatic rings. The van der Waals surface area contributed by atoms with E-state index < -0.39 is 0 Å². The minimum absolute atomic E-state index is 0.483. The van der Waals surface area contributed by atoms with Gasteiger partial charge in [-0.1, -0.05) is 50.3 Å². The molecule has 0 saturated heterocycles. The van der Waals surface area contributed by atoms with Crippen molar-refractivity contribution < 1.29 is 0 Å². The molecule has 1 fully saturated rings. The van der Waals surface area contributed by atoms with Crippen LogP contribution in [0, 0.1) is 0 Å². The summed E-state index contributed by atoms with van der Waals surface area (Å²) in [6, 6.07) is 0.507. The fourth-order valence-electron chi connectivity index (χ4n) is 3.31. The highest BCUT2D eigenvalue weighted by Gasteiger charge is 2.15. The van der Waals surface area contributed by atoms with Gasteiger partial charge in [-0.3, -0.25) is 0 Å². The summed E-state index contributed by atoms with van der Waals surface area (Å²) in [6.07, 6.45) is 18.3. The minimum Gasteiger partial charge on any atom is -0.351 e. The Morgan fingerprint density at radius 3 is 2.59 bits per heavy atom. The van der Waals surface area contributed by atoms with Crippen molar-refractivity contribution in [3.05, 3.63) is 35.7 Å². The lowest BCUT2D eigenvalue weighted by Gasteiger charge is -2.21. The molecule has 0 aromatic carbocycles. The topological polar surface area (TPSA) is 63.8 Å². The number of nitrogens with two attached hydrogens (primary N) is 1. The predicted molar refractivity (Wildman–Crippen MR) is 91.4 cm³/mol. The molecule has 2 aliphatic rings. The smallest absolute Gasteiger partial charge is 0.223 e. The van der Waals surface area contributed by atoms with Crippen LogP contribution in [0.5, 0.6) is 0 Å². The van der Waals surface area contributed by atoms with E-state index in [1.165, 1.54) is 50.5 Å². The highest BCUT2D eigenvalue weighted by molar-refractivity contribution is 5.70. The molecule has 3 rings (SSSR count). The Kier molecular flexibility index (Phi) is 5.22. The van der Waals surface area contributed by atoms with Crippen LogP contribution in [-0.4, -0.2) is 16.0 Å². The van der Waals surface area contributed by atoms with Gasteiger partial charge in [-0.15, -0.1) is 0 Å². The second-order valence-electron chi connectivity index (χ2n) is 6.28. The van der Waals surface area contributed by atoms with Crippen LogP contribution in [0.4, 0.5) is 5.95 Å².